The van der Waals surface area contributed by atoms with E-state index in [1.807, 2.05) is 0 Å². The highest BCUT2D eigenvalue weighted by Crippen LogP contribution is 2.31. The number of amides is 2. The summed E-state index contributed by atoms with van der Waals surface area (Å²) < 4.78 is 32.5. The molecule has 0 unspecified atom stereocenters. The molecule has 0 radical (unpaired) electrons. The van der Waals surface area contributed by atoms with Gasteiger partial charge in [0, 0.05) is 27.2 Å². The van der Waals surface area contributed by atoms with Crippen LogP contribution in [0.15, 0.2) is 41.3 Å². The molecule has 1 aliphatic rings. The molecule has 2 amide bonds. The van der Waals surface area contributed by atoms with Gasteiger partial charge in [-0.15, -0.1) is 0 Å². The number of anilines is 1. The Labute approximate surface area is 190 Å². The van der Waals surface area contributed by atoms with Crippen molar-refractivity contribution in [1.82, 2.24) is 9.21 Å². The van der Waals surface area contributed by atoms with Crippen LogP contribution in [-0.2, 0) is 14.8 Å². The van der Waals surface area contributed by atoms with Gasteiger partial charge < -0.3 is 15.0 Å². The van der Waals surface area contributed by atoms with Gasteiger partial charge in [-0.05, 0) is 24.3 Å². The first-order valence-electron chi connectivity index (χ1n) is 9.32. The Morgan fingerprint density at radius 3 is 2.32 bits per heavy atom. The van der Waals surface area contributed by atoms with Crippen LogP contribution in [0.5, 0.6) is 0 Å². The number of hydrogen-bond acceptors (Lipinski definition) is 5. The van der Waals surface area contributed by atoms with Crippen molar-refractivity contribution in [2.75, 3.05) is 45.7 Å². The summed E-state index contributed by atoms with van der Waals surface area (Å²) in [5, 5.41) is 2.54. The SMILES string of the molecule is CN(C)C(=O)c1ccccc1NC(=O)c1cc(S(=O)(=O)N2CCOCC2)c(Cl)cc1Cl. The molecular formula is C20H21Cl2N3O5S. The van der Waals surface area contributed by atoms with Gasteiger partial charge in [-0.2, -0.15) is 4.31 Å². The highest BCUT2D eigenvalue weighted by atomic mass is 35.5. The van der Waals surface area contributed by atoms with E-state index in [9.17, 15) is 18.0 Å². The number of benzene rings is 2. The zero-order valence-electron chi connectivity index (χ0n) is 16.9. The number of para-hydroxylation sites is 1. The summed E-state index contributed by atoms with van der Waals surface area (Å²) in [6.45, 7) is 0.911. The zero-order chi connectivity index (χ0) is 22.8. The molecule has 31 heavy (non-hydrogen) atoms. The fourth-order valence-corrected chi connectivity index (χ4v) is 5.28. The third kappa shape index (κ3) is 5.02. The van der Waals surface area contributed by atoms with Crippen LogP contribution in [0.3, 0.4) is 0 Å². The van der Waals surface area contributed by atoms with Crippen LogP contribution >= 0.6 is 23.2 Å². The van der Waals surface area contributed by atoms with Crippen LogP contribution in [0.1, 0.15) is 20.7 Å². The third-order valence-corrected chi connectivity index (χ3v) is 7.34. The number of ether oxygens (including phenoxy) is 1. The maximum atomic E-state index is 13.0. The van der Waals surface area contributed by atoms with E-state index in [2.05, 4.69) is 5.32 Å². The standard InChI is InChI=1S/C20H21Cl2N3O5S/c1-24(2)20(27)13-5-3-4-6-17(13)23-19(26)14-11-18(16(22)12-15(14)21)31(28,29)25-7-9-30-10-8-25/h3-6,11-12H,7-10H2,1-2H3,(H,23,26). The van der Waals surface area contributed by atoms with E-state index in [1.165, 1.54) is 15.3 Å². The number of hydrogen-bond donors (Lipinski definition) is 1. The molecule has 2 aromatic rings. The van der Waals surface area contributed by atoms with E-state index in [1.54, 1.807) is 38.4 Å². The minimum Gasteiger partial charge on any atom is -0.379 e. The van der Waals surface area contributed by atoms with Gasteiger partial charge >= 0.3 is 0 Å². The molecule has 2 aromatic carbocycles. The van der Waals surface area contributed by atoms with Crippen LogP contribution in [-0.4, -0.2) is 69.8 Å². The van der Waals surface area contributed by atoms with E-state index in [4.69, 9.17) is 27.9 Å². The topological polar surface area (TPSA) is 96.0 Å². The molecule has 0 atom stereocenters. The smallest absolute Gasteiger partial charge is 0.257 e. The minimum atomic E-state index is -3.95. The van der Waals surface area contributed by atoms with Gasteiger partial charge in [0.2, 0.25) is 10.0 Å². The largest absolute Gasteiger partial charge is 0.379 e. The predicted molar refractivity (Wildman–Crippen MR) is 118 cm³/mol. The van der Waals surface area contributed by atoms with Crippen molar-refractivity contribution in [1.29, 1.82) is 0 Å². The number of nitrogens with one attached hydrogen (secondary N) is 1. The molecule has 0 saturated carbocycles. The fraction of sp³-hybridized carbons (Fsp3) is 0.300. The lowest BCUT2D eigenvalue weighted by atomic mass is 10.1. The molecule has 1 heterocycles. The van der Waals surface area contributed by atoms with Crippen LogP contribution in [0.2, 0.25) is 10.0 Å². The summed E-state index contributed by atoms with van der Waals surface area (Å²) in [5.74, 6) is -0.965. The number of sulfonamides is 1. The molecule has 0 spiro atoms. The molecule has 8 nitrogen and oxygen atoms in total. The Balaban J connectivity index is 1.96. The maximum Gasteiger partial charge on any atom is 0.257 e. The molecule has 1 aliphatic heterocycles. The normalized spacial score (nSPS) is 14.8. The van der Waals surface area contributed by atoms with Crippen molar-refractivity contribution in [2.45, 2.75) is 4.90 Å². The number of halogens is 2. The van der Waals surface area contributed by atoms with Gasteiger partial charge in [0.15, 0.2) is 0 Å². The second-order valence-electron chi connectivity index (χ2n) is 6.98. The van der Waals surface area contributed by atoms with Gasteiger partial charge in [0.05, 0.1) is 40.1 Å². The summed E-state index contributed by atoms with van der Waals surface area (Å²) in [6.07, 6.45) is 0. The lowest BCUT2D eigenvalue weighted by Gasteiger charge is -2.26. The first-order chi connectivity index (χ1) is 14.6. The molecule has 0 aromatic heterocycles. The summed E-state index contributed by atoms with van der Waals surface area (Å²) in [4.78, 5) is 26.5. The minimum absolute atomic E-state index is 0.0140. The summed E-state index contributed by atoms with van der Waals surface area (Å²) in [7, 11) is -0.755. The first kappa shape index (κ1) is 23.5. The Kier molecular flexibility index (Phi) is 7.23. The van der Waals surface area contributed by atoms with E-state index in [0.717, 1.165) is 6.07 Å². The Bertz CT molecular complexity index is 1120. The number of nitrogens with zero attached hydrogens (tertiary/aromatic N) is 2. The average molecular weight is 486 g/mol. The fourth-order valence-electron chi connectivity index (χ4n) is 3.04. The predicted octanol–water partition coefficient (Wildman–Crippen LogP) is 2.97. The zero-order valence-corrected chi connectivity index (χ0v) is 19.2. The van der Waals surface area contributed by atoms with Crippen molar-refractivity contribution in [3.63, 3.8) is 0 Å². The van der Waals surface area contributed by atoms with E-state index in [-0.39, 0.29) is 64.0 Å². The molecular weight excluding hydrogens is 465 g/mol. The number of carbonyl (C=O) groups is 2. The lowest BCUT2D eigenvalue weighted by molar-refractivity contribution is 0.0730. The highest BCUT2D eigenvalue weighted by molar-refractivity contribution is 7.89. The van der Waals surface area contributed by atoms with Crippen LogP contribution in [0.4, 0.5) is 5.69 Å². The molecule has 0 bridgehead atoms. The molecule has 0 aliphatic carbocycles. The van der Waals surface area contributed by atoms with Crippen LogP contribution < -0.4 is 5.32 Å². The van der Waals surface area contributed by atoms with E-state index < -0.39 is 15.9 Å². The Morgan fingerprint density at radius 1 is 1.03 bits per heavy atom. The average Bonchev–Trinajstić information content (AvgIpc) is 2.74. The van der Waals surface area contributed by atoms with Crippen molar-refractivity contribution >= 4 is 50.7 Å². The van der Waals surface area contributed by atoms with Gasteiger partial charge in [0.1, 0.15) is 4.90 Å². The Hall–Kier alpha value is -2.17. The number of rotatable bonds is 5. The van der Waals surface area contributed by atoms with Crippen molar-refractivity contribution in [3.8, 4) is 0 Å². The quantitative estimate of drug-likeness (QED) is 0.701. The van der Waals surface area contributed by atoms with Gasteiger partial charge in [0.25, 0.3) is 11.8 Å². The third-order valence-electron chi connectivity index (χ3n) is 4.67. The molecule has 1 fully saturated rings. The van der Waals surface area contributed by atoms with Gasteiger partial charge in [-0.3, -0.25) is 9.59 Å². The van der Waals surface area contributed by atoms with E-state index in [0.29, 0.717) is 0 Å². The highest BCUT2D eigenvalue weighted by Gasteiger charge is 2.30. The number of morpholine rings is 1. The van der Waals surface area contributed by atoms with Crippen molar-refractivity contribution < 1.29 is 22.7 Å². The van der Waals surface area contributed by atoms with Crippen molar-refractivity contribution in [2.24, 2.45) is 0 Å². The van der Waals surface area contributed by atoms with E-state index >= 15 is 0 Å². The second-order valence-corrected chi connectivity index (χ2v) is 9.70. The number of carbonyl (C=O) groups excluding carboxylic acids is 2. The molecule has 1 saturated heterocycles. The Morgan fingerprint density at radius 2 is 1.68 bits per heavy atom. The van der Waals surface area contributed by atoms with Gasteiger partial charge in [-0.25, -0.2) is 8.42 Å². The summed E-state index contributed by atoms with van der Waals surface area (Å²) in [5.41, 5.74) is 0.479. The summed E-state index contributed by atoms with van der Waals surface area (Å²) >= 11 is 12.4. The monoisotopic (exact) mass is 485 g/mol. The molecule has 3 rings (SSSR count). The van der Waals surface area contributed by atoms with Crippen LogP contribution in [0, 0.1) is 0 Å². The second kappa shape index (κ2) is 9.54. The summed E-state index contributed by atoms with van der Waals surface area (Å²) in [6, 6.07) is 8.87. The maximum absolute atomic E-state index is 13.0. The van der Waals surface area contributed by atoms with Gasteiger partial charge in [-0.1, -0.05) is 35.3 Å². The molecule has 166 valence electrons. The van der Waals surface area contributed by atoms with Crippen molar-refractivity contribution in [3.05, 3.63) is 57.6 Å². The lowest BCUT2D eigenvalue weighted by Crippen LogP contribution is -2.40. The molecule has 1 N–H and O–H groups in total. The van der Waals surface area contributed by atoms with Crippen LogP contribution in [0.25, 0.3) is 0 Å². The first-order valence-corrected chi connectivity index (χ1v) is 11.5. The molecule has 11 heteroatoms.